The van der Waals surface area contributed by atoms with Crippen LogP contribution in [0.1, 0.15) is 20.3 Å². The van der Waals surface area contributed by atoms with E-state index in [1.165, 1.54) is 0 Å². The van der Waals surface area contributed by atoms with Crippen LogP contribution in [0.25, 0.3) is 11.1 Å². The number of sulfonamides is 1. The van der Waals surface area contributed by atoms with Gasteiger partial charge in [0.05, 0.1) is 12.0 Å². The molecule has 0 aliphatic heterocycles. The predicted octanol–water partition coefficient (Wildman–Crippen LogP) is 3.69. The first kappa shape index (κ1) is 17.5. The molecule has 2 rings (SSSR count). The van der Waals surface area contributed by atoms with E-state index >= 15 is 0 Å². The van der Waals surface area contributed by atoms with Gasteiger partial charge in [0.15, 0.2) is 0 Å². The van der Waals surface area contributed by atoms with Gasteiger partial charge in [-0.25, -0.2) is 13.1 Å². The van der Waals surface area contributed by atoms with Gasteiger partial charge in [-0.2, -0.15) is 0 Å². The van der Waals surface area contributed by atoms with Gasteiger partial charge < -0.3 is 4.74 Å². The summed E-state index contributed by atoms with van der Waals surface area (Å²) in [5, 5.41) is 0. The smallest absolute Gasteiger partial charge is 0.240 e. The van der Waals surface area contributed by atoms with Crippen LogP contribution < -0.4 is 9.46 Å². The molecule has 124 valence electrons. The zero-order chi connectivity index (χ0) is 16.9. The number of ether oxygens (including phenoxy) is 1. The Kier molecular flexibility index (Phi) is 5.80. The minimum Gasteiger partial charge on any atom is -0.497 e. The molecule has 1 N–H and O–H groups in total. The Morgan fingerprint density at radius 2 is 1.48 bits per heavy atom. The molecule has 0 spiro atoms. The summed E-state index contributed by atoms with van der Waals surface area (Å²) in [5.74, 6) is 1.26. The molecular formula is C18H23NO3S. The summed E-state index contributed by atoms with van der Waals surface area (Å²) < 4.78 is 32.2. The Morgan fingerprint density at radius 3 is 1.96 bits per heavy atom. The van der Waals surface area contributed by atoms with Crippen molar-refractivity contribution in [2.24, 2.45) is 5.92 Å². The van der Waals surface area contributed by atoms with E-state index in [4.69, 9.17) is 4.74 Å². The van der Waals surface area contributed by atoms with Crippen molar-refractivity contribution in [2.45, 2.75) is 25.2 Å². The average molecular weight is 333 g/mol. The fourth-order valence-corrected chi connectivity index (χ4v) is 3.22. The van der Waals surface area contributed by atoms with Gasteiger partial charge in [0, 0.05) is 6.54 Å². The van der Waals surface area contributed by atoms with E-state index in [2.05, 4.69) is 18.6 Å². The Bertz CT molecular complexity index is 720. The van der Waals surface area contributed by atoms with Crippen molar-refractivity contribution in [3.8, 4) is 16.9 Å². The third-order valence-corrected chi connectivity index (χ3v) is 5.08. The van der Waals surface area contributed by atoms with E-state index in [0.717, 1.165) is 23.3 Å². The summed E-state index contributed by atoms with van der Waals surface area (Å²) in [6.45, 7) is 4.59. The first-order valence-electron chi connectivity index (χ1n) is 7.66. The number of methoxy groups -OCH3 is 1. The number of benzene rings is 2. The highest BCUT2D eigenvalue weighted by Gasteiger charge is 2.13. The number of rotatable bonds is 7. The van der Waals surface area contributed by atoms with Gasteiger partial charge in [0.1, 0.15) is 5.75 Å². The van der Waals surface area contributed by atoms with Crippen LogP contribution in [0.5, 0.6) is 5.75 Å². The van der Waals surface area contributed by atoms with Crippen molar-refractivity contribution in [3.05, 3.63) is 48.5 Å². The molecule has 0 bridgehead atoms. The molecule has 4 nitrogen and oxygen atoms in total. The second kappa shape index (κ2) is 7.62. The highest BCUT2D eigenvalue weighted by molar-refractivity contribution is 7.89. The summed E-state index contributed by atoms with van der Waals surface area (Å²) in [6, 6.07) is 14.6. The first-order chi connectivity index (χ1) is 10.9. The maximum atomic E-state index is 12.2. The molecule has 0 amide bonds. The second-order valence-corrected chi connectivity index (χ2v) is 7.60. The monoisotopic (exact) mass is 333 g/mol. The summed E-state index contributed by atoms with van der Waals surface area (Å²) in [6.07, 6.45) is 0.823. The molecule has 0 radical (unpaired) electrons. The Morgan fingerprint density at radius 1 is 0.957 bits per heavy atom. The highest BCUT2D eigenvalue weighted by atomic mass is 32.2. The third-order valence-electron chi connectivity index (χ3n) is 3.60. The van der Waals surface area contributed by atoms with Gasteiger partial charge in [-0.1, -0.05) is 38.1 Å². The molecule has 2 aromatic rings. The van der Waals surface area contributed by atoms with E-state index in [1.54, 1.807) is 19.2 Å². The van der Waals surface area contributed by atoms with Crippen LogP contribution in [0.2, 0.25) is 0 Å². The Labute approximate surface area is 138 Å². The van der Waals surface area contributed by atoms with Gasteiger partial charge in [-0.3, -0.25) is 0 Å². The van der Waals surface area contributed by atoms with E-state index in [0.29, 0.717) is 17.4 Å². The van der Waals surface area contributed by atoms with Crippen LogP contribution in [0, 0.1) is 5.92 Å². The normalized spacial score (nSPS) is 11.7. The molecule has 5 heteroatoms. The van der Waals surface area contributed by atoms with Crippen LogP contribution in [0.3, 0.4) is 0 Å². The van der Waals surface area contributed by atoms with Crippen LogP contribution in [0.15, 0.2) is 53.4 Å². The Hall–Kier alpha value is -1.85. The lowest BCUT2D eigenvalue weighted by atomic mass is 10.1. The molecule has 23 heavy (non-hydrogen) atoms. The zero-order valence-electron chi connectivity index (χ0n) is 13.7. The topological polar surface area (TPSA) is 55.4 Å². The Balaban J connectivity index is 2.11. The lowest BCUT2D eigenvalue weighted by Crippen LogP contribution is -2.25. The predicted molar refractivity (Wildman–Crippen MR) is 93.1 cm³/mol. The molecule has 0 aliphatic rings. The fourth-order valence-electron chi connectivity index (χ4n) is 2.18. The molecule has 0 aliphatic carbocycles. The van der Waals surface area contributed by atoms with Crippen molar-refractivity contribution < 1.29 is 13.2 Å². The summed E-state index contributed by atoms with van der Waals surface area (Å²) in [7, 11) is -1.81. The maximum Gasteiger partial charge on any atom is 0.240 e. The van der Waals surface area contributed by atoms with Crippen LogP contribution in [0.4, 0.5) is 0 Å². The van der Waals surface area contributed by atoms with Gasteiger partial charge in [0.2, 0.25) is 10.0 Å². The fraction of sp³-hybridized carbons (Fsp3) is 0.333. The lowest BCUT2D eigenvalue weighted by Gasteiger charge is -2.09. The molecule has 0 atom stereocenters. The van der Waals surface area contributed by atoms with E-state index < -0.39 is 10.0 Å². The second-order valence-electron chi connectivity index (χ2n) is 5.83. The van der Waals surface area contributed by atoms with Crippen molar-refractivity contribution in [3.63, 3.8) is 0 Å². The van der Waals surface area contributed by atoms with Crippen molar-refractivity contribution in [1.82, 2.24) is 4.72 Å². The highest BCUT2D eigenvalue weighted by Crippen LogP contribution is 2.23. The first-order valence-corrected chi connectivity index (χ1v) is 9.15. The summed E-state index contributed by atoms with van der Waals surface area (Å²) in [4.78, 5) is 0.290. The molecule has 0 aromatic heterocycles. The van der Waals surface area contributed by atoms with Crippen LogP contribution >= 0.6 is 0 Å². The molecule has 2 aromatic carbocycles. The van der Waals surface area contributed by atoms with E-state index in [1.807, 2.05) is 36.4 Å². The lowest BCUT2D eigenvalue weighted by molar-refractivity contribution is 0.415. The van der Waals surface area contributed by atoms with E-state index in [-0.39, 0.29) is 0 Å². The number of hydrogen-bond acceptors (Lipinski definition) is 3. The quantitative estimate of drug-likeness (QED) is 0.841. The van der Waals surface area contributed by atoms with Gasteiger partial charge >= 0.3 is 0 Å². The van der Waals surface area contributed by atoms with Crippen LogP contribution in [-0.4, -0.2) is 22.1 Å². The van der Waals surface area contributed by atoms with Crippen molar-refractivity contribution in [1.29, 1.82) is 0 Å². The minimum atomic E-state index is -3.44. The molecule has 0 heterocycles. The molecular weight excluding hydrogens is 310 g/mol. The zero-order valence-corrected chi connectivity index (χ0v) is 14.6. The van der Waals surface area contributed by atoms with Crippen molar-refractivity contribution in [2.75, 3.05) is 13.7 Å². The average Bonchev–Trinajstić information content (AvgIpc) is 2.54. The minimum absolute atomic E-state index is 0.290. The largest absolute Gasteiger partial charge is 0.497 e. The van der Waals surface area contributed by atoms with E-state index in [9.17, 15) is 8.42 Å². The standard InChI is InChI=1S/C18H23NO3S/c1-14(2)12-13-19-23(20,21)18-10-6-16(7-11-18)15-4-8-17(22-3)9-5-15/h4-11,14,19H,12-13H2,1-3H3. The van der Waals surface area contributed by atoms with Gasteiger partial charge in [-0.15, -0.1) is 0 Å². The molecule has 0 saturated heterocycles. The third kappa shape index (κ3) is 4.81. The van der Waals surface area contributed by atoms with Gasteiger partial charge in [0.25, 0.3) is 0 Å². The number of nitrogens with one attached hydrogen (secondary N) is 1. The maximum absolute atomic E-state index is 12.2. The summed E-state index contributed by atoms with van der Waals surface area (Å²) in [5.41, 5.74) is 1.98. The van der Waals surface area contributed by atoms with Crippen LogP contribution in [-0.2, 0) is 10.0 Å². The molecule has 0 unspecified atom stereocenters. The number of hydrogen-bond donors (Lipinski definition) is 1. The molecule has 0 saturated carbocycles. The van der Waals surface area contributed by atoms with Gasteiger partial charge in [-0.05, 0) is 47.7 Å². The van der Waals surface area contributed by atoms with Crippen molar-refractivity contribution >= 4 is 10.0 Å². The summed E-state index contributed by atoms with van der Waals surface area (Å²) >= 11 is 0. The molecule has 0 fully saturated rings. The SMILES string of the molecule is COc1ccc(-c2ccc(S(=O)(=O)NCCC(C)C)cc2)cc1.